The van der Waals surface area contributed by atoms with E-state index in [1.54, 1.807) is 0 Å². The topological polar surface area (TPSA) is 88.7 Å². The third-order valence-corrected chi connectivity index (χ3v) is 3.75. The molecule has 27 heavy (non-hydrogen) atoms. The minimum absolute atomic E-state index is 0.0626. The number of rotatable bonds is 1. The number of carbonyl (C=O) groups is 1. The van der Waals surface area contributed by atoms with Crippen LogP contribution in [0.15, 0.2) is 16.6 Å². The number of aromatic nitrogens is 3. The molecule has 2 aromatic heterocycles. The van der Waals surface area contributed by atoms with E-state index < -0.39 is 55.7 Å². The van der Waals surface area contributed by atoms with Crippen LogP contribution in [0.4, 0.5) is 26.3 Å². The number of fused-ring (bicyclic) bond motifs is 1. The monoisotopic (exact) mass is 433 g/mol. The highest BCUT2D eigenvalue weighted by Gasteiger charge is 2.41. The summed E-state index contributed by atoms with van der Waals surface area (Å²) in [4.78, 5) is 15.2. The van der Waals surface area contributed by atoms with Crippen LogP contribution in [0.2, 0.25) is 0 Å². The molecule has 0 fully saturated rings. The lowest BCUT2D eigenvalue weighted by Crippen LogP contribution is -2.28. The fourth-order valence-corrected chi connectivity index (χ4v) is 2.93. The summed E-state index contributed by atoms with van der Waals surface area (Å²) in [5.41, 5.74) is -5.31. The SMILES string of the molecule is CS(C)(=O)=NC(=S)NC(=O)c1cnn2c(C(F)(F)F)cc(C(F)(F)F)nc12. The number of nitrogens with zero attached hydrogens (tertiary/aromatic N) is 4. The van der Waals surface area contributed by atoms with Gasteiger partial charge in [0.05, 0.1) is 6.20 Å². The summed E-state index contributed by atoms with van der Waals surface area (Å²) in [6.45, 7) is 0. The Hall–Kier alpha value is -2.29. The molecule has 0 aliphatic carbocycles. The van der Waals surface area contributed by atoms with Gasteiger partial charge in [-0.3, -0.25) is 10.1 Å². The molecule has 2 rings (SSSR count). The van der Waals surface area contributed by atoms with Crippen LogP contribution in [0.25, 0.3) is 5.65 Å². The first-order chi connectivity index (χ1) is 12.1. The maximum Gasteiger partial charge on any atom is 0.433 e. The van der Waals surface area contributed by atoms with Crippen molar-refractivity contribution in [1.82, 2.24) is 19.9 Å². The molecule has 0 saturated heterocycles. The van der Waals surface area contributed by atoms with Crippen molar-refractivity contribution in [3.05, 3.63) is 29.2 Å². The van der Waals surface area contributed by atoms with Crippen molar-refractivity contribution < 1.29 is 35.3 Å². The van der Waals surface area contributed by atoms with Gasteiger partial charge >= 0.3 is 12.4 Å². The molecule has 1 N–H and O–H groups in total. The number of hydrogen-bond donors (Lipinski definition) is 1. The molecule has 0 aliphatic rings. The molecular weight excluding hydrogens is 424 g/mol. The fourth-order valence-electron chi connectivity index (χ4n) is 1.86. The van der Waals surface area contributed by atoms with Crippen molar-refractivity contribution >= 4 is 38.6 Å². The van der Waals surface area contributed by atoms with Gasteiger partial charge in [0.25, 0.3) is 5.91 Å². The van der Waals surface area contributed by atoms with Gasteiger partial charge in [-0.1, -0.05) is 0 Å². The molecular formula is C12H9F6N5O2S2. The molecule has 2 heterocycles. The van der Waals surface area contributed by atoms with Crippen LogP contribution in [0.5, 0.6) is 0 Å². The number of alkyl halides is 6. The van der Waals surface area contributed by atoms with Gasteiger partial charge in [-0.05, 0) is 18.3 Å². The minimum atomic E-state index is -5.19. The molecule has 0 radical (unpaired) electrons. The Bertz CT molecular complexity index is 1040. The Morgan fingerprint density at radius 1 is 1.22 bits per heavy atom. The van der Waals surface area contributed by atoms with Crippen molar-refractivity contribution in [1.29, 1.82) is 0 Å². The van der Waals surface area contributed by atoms with Crippen molar-refractivity contribution in [2.75, 3.05) is 12.5 Å². The zero-order valence-corrected chi connectivity index (χ0v) is 15.0. The van der Waals surface area contributed by atoms with Gasteiger partial charge in [-0.25, -0.2) is 13.7 Å². The average molecular weight is 433 g/mol. The molecule has 2 aromatic rings. The first-order valence-corrected chi connectivity index (χ1v) is 9.39. The van der Waals surface area contributed by atoms with E-state index in [4.69, 9.17) is 0 Å². The molecule has 1 amide bonds. The van der Waals surface area contributed by atoms with Gasteiger partial charge in [-0.2, -0.15) is 35.8 Å². The standard InChI is InChI=1S/C12H9F6N5O2S2/c1-27(2,25)22-10(26)21-9(24)5-4-19-23-7(12(16,17)18)3-6(11(13,14)15)20-8(5)23/h3-4H,1-2H3,(H,21,24,26). The summed E-state index contributed by atoms with van der Waals surface area (Å²) in [6, 6.07) is -0.217. The summed E-state index contributed by atoms with van der Waals surface area (Å²) in [5.74, 6) is -1.21. The lowest BCUT2D eigenvalue weighted by molar-refractivity contribution is -0.148. The molecule has 0 spiro atoms. The van der Waals surface area contributed by atoms with Crippen molar-refractivity contribution in [3.63, 3.8) is 0 Å². The van der Waals surface area contributed by atoms with Crippen molar-refractivity contribution in [3.8, 4) is 0 Å². The van der Waals surface area contributed by atoms with Crippen molar-refractivity contribution in [2.45, 2.75) is 12.4 Å². The summed E-state index contributed by atoms with van der Waals surface area (Å²) in [6.07, 6.45) is -7.38. The minimum Gasteiger partial charge on any atom is -0.297 e. The second-order valence-electron chi connectivity index (χ2n) is 5.35. The molecule has 7 nitrogen and oxygen atoms in total. The number of halogens is 6. The smallest absolute Gasteiger partial charge is 0.297 e. The van der Waals surface area contributed by atoms with Crippen LogP contribution in [0, 0.1) is 0 Å². The van der Waals surface area contributed by atoms with E-state index in [0.29, 0.717) is 6.20 Å². The molecule has 0 aromatic carbocycles. The molecule has 0 saturated carbocycles. The van der Waals surface area contributed by atoms with Crippen LogP contribution < -0.4 is 5.32 Å². The predicted octanol–water partition coefficient (Wildman–Crippen LogP) is 2.51. The first-order valence-electron chi connectivity index (χ1n) is 6.65. The zero-order valence-electron chi connectivity index (χ0n) is 13.3. The Kier molecular flexibility index (Phi) is 5.22. The number of carbonyl (C=O) groups excluding carboxylic acids is 1. The van der Waals surface area contributed by atoms with E-state index in [-0.39, 0.29) is 10.6 Å². The van der Waals surface area contributed by atoms with E-state index in [2.05, 4.69) is 26.7 Å². The number of hydrogen-bond acceptors (Lipinski definition) is 5. The Morgan fingerprint density at radius 2 is 1.81 bits per heavy atom. The Labute approximate surface area is 152 Å². The molecule has 0 bridgehead atoms. The van der Waals surface area contributed by atoms with Gasteiger partial charge in [0.1, 0.15) is 11.3 Å². The lowest BCUT2D eigenvalue weighted by Gasteiger charge is -2.12. The van der Waals surface area contributed by atoms with E-state index in [9.17, 15) is 35.3 Å². The quantitative estimate of drug-likeness (QED) is 0.552. The maximum absolute atomic E-state index is 13.1. The van der Waals surface area contributed by atoms with Gasteiger partial charge in [0.15, 0.2) is 11.3 Å². The zero-order chi connectivity index (χ0) is 20.8. The molecule has 148 valence electrons. The van der Waals surface area contributed by atoms with Crippen LogP contribution >= 0.6 is 12.2 Å². The summed E-state index contributed by atoms with van der Waals surface area (Å²) < 4.78 is 92.9. The number of thiocarbonyl (C=S) groups is 1. The third kappa shape index (κ3) is 4.91. The Morgan fingerprint density at radius 3 is 2.30 bits per heavy atom. The average Bonchev–Trinajstić information content (AvgIpc) is 2.85. The summed E-state index contributed by atoms with van der Waals surface area (Å²) in [5, 5.41) is 4.67. The predicted molar refractivity (Wildman–Crippen MR) is 85.5 cm³/mol. The summed E-state index contributed by atoms with van der Waals surface area (Å²) >= 11 is 4.66. The van der Waals surface area contributed by atoms with E-state index in [0.717, 1.165) is 0 Å². The summed E-state index contributed by atoms with van der Waals surface area (Å²) in [7, 11) is -2.75. The van der Waals surface area contributed by atoms with E-state index in [1.807, 2.05) is 5.32 Å². The van der Waals surface area contributed by atoms with Crippen LogP contribution in [0.3, 0.4) is 0 Å². The van der Waals surface area contributed by atoms with Crippen LogP contribution in [0.1, 0.15) is 21.7 Å². The number of nitrogens with one attached hydrogen (secondary N) is 1. The second kappa shape index (κ2) is 6.70. The van der Waals surface area contributed by atoms with Crippen LogP contribution in [-0.4, -0.2) is 42.3 Å². The molecule has 0 unspecified atom stereocenters. The van der Waals surface area contributed by atoms with Gasteiger partial charge in [0, 0.05) is 22.2 Å². The van der Waals surface area contributed by atoms with Crippen molar-refractivity contribution in [2.24, 2.45) is 4.36 Å². The highest BCUT2D eigenvalue weighted by molar-refractivity contribution is 7.93. The maximum atomic E-state index is 13.1. The molecule has 15 heteroatoms. The second-order valence-corrected chi connectivity index (χ2v) is 8.28. The first kappa shape index (κ1) is 21.0. The Balaban J connectivity index is 2.61. The third-order valence-electron chi connectivity index (χ3n) is 2.82. The lowest BCUT2D eigenvalue weighted by atomic mass is 10.2. The van der Waals surface area contributed by atoms with Gasteiger partial charge in [0.2, 0.25) is 5.11 Å². The van der Waals surface area contributed by atoms with E-state index in [1.165, 1.54) is 12.5 Å². The number of amides is 1. The highest BCUT2D eigenvalue weighted by atomic mass is 32.2. The van der Waals surface area contributed by atoms with E-state index >= 15 is 0 Å². The van der Waals surface area contributed by atoms with Crippen LogP contribution in [-0.2, 0) is 22.1 Å². The van der Waals surface area contributed by atoms with Gasteiger partial charge < -0.3 is 0 Å². The molecule has 0 aliphatic heterocycles. The molecule has 0 atom stereocenters. The van der Waals surface area contributed by atoms with Gasteiger partial charge in [-0.15, -0.1) is 0 Å². The fraction of sp³-hybridized carbons (Fsp3) is 0.333. The largest absolute Gasteiger partial charge is 0.433 e. The normalized spacial score (nSPS) is 12.9. The highest BCUT2D eigenvalue weighted by Crippen LogP contribution is 2.35.